The molecule has 1 aliphatic rings. The number of hydrogen-bond acceptors (Lipinski definition) is 1. The summed E-state index contributed by atoms with van der Waals surface area (Å²) in [6.07, 6.45) is 11.6. The topological polar surface area (TPSA) is 3.24 Å². The highest BCUT2D eigenvalue weighted by Crippen LogP contribution is 2.10. The molecule has 1 heteroatoms. The van der Waals surface area contributed by atoms with Crippen molar-refractivity contribution in [3.63, 3.8) is 0 Å². The van der Waals surface area contributed by atoms with Crippen LogP contribution in [0.25, 0.3) is 0 Å². The first-order valence-electron chi connectivity index (χ1n) is 5.77. The van der Waals surface area contributed by atoms with E-state index in [4.69, 9.17) is 0 Å². The molecule has 0 radical (unpaired) electrons. The maximum Gasteiger partial charge on any atom is -0.00183 e. The smallest absolute Gasteiger partial charge is 0.00183 e. The SMILES string of the molecule is C=CCCCCCCN1CCCC1. The third kappa shape index (κ3) is 5.09. The molecule has 1 rings (SSSR count). The number of rotatable bonds is 7. The first-order valence-corrected chi connectivity index (χ1v) is 5.77. The molecule has 0 atom stereocenters. The van der Waals surface area contributed by atoms with Gasteiger partial charge in [0.05, 0.1) is 0 Å². The summed E-state index contributed by atoms with van der Waals surface area (Å²) in [5.41, 5.74) is 0. The Bertz CT molecular complexity index is 125. The van der Waals surface area contributed by atoms with E-state index < -0.39 is 0 Å². The molecule has 0 aliphatic carbocycles. The normalized spacial score (nSPS) is 17.8. The molecular formula is C12H23N. The number of hydrogen-bond donors (Lipinski definition) is 0. The van der Waals surface area contributed by atoms with Crippen LogP contribution in [0, 0.1) is 0 Å². The highest BCUT2D eigenvalue weighted by atomic mass is 15.1. The summed E-state index contributed by atoms with van der Waals surface area (Å²) in [7, 11) is 0. The third-order valence-electron chi connectivity index (χ3n) is 2.83. The van der Waals surface area contributed by atoms with Gasteiger partial charge in [0.15, 0.2) is 0 Å². The van der Waals surface area contributed by atoms with E-state index in [1.807, 2.05) is 6.08 Å². The molecular weight excluding hydrogens is 158 g/mol. The van der Waals surface area contributed by atoms with Crippen molar-refractivity contribution in [3.05, 3.63) is 12.7 Å². The summed E-state index contributed by atoms with van der Waals surface area (Å²) >= 11 is 0. The summed E-state index contributed by atoms with van der Waals surface area (Å²) in [6, 6.07) is 0. The van der Waals surface area contributed by atoms with Crippen LogP contribution in [0.5, 0.6) is 0 Å². The van der Waals surface area contributed by atoms with Crippen LogP contribution in [0.2, 0.25) is 0 Å². The lowest BCUT2D eigenvalue weighted by Crippen LogP contribution is -2.20. The van der Waals surface area contributed by atoms with Gasteiger partial charge in [0.1, 0.15) is 0 Å². The molecule has 13 heavy (non-hydrogen) atoms. The van der Waals surface area contributed by atoms with Crippen molar-refractivity contribution in [2.24, 2.45) is 0 Å². The predicted octanol–water partition coefficient (Wildman–Crippen LogP) is 3.22. The first kappa shape index (κ1) is 10.8. The van der Waals surface area contributed by atoms with E-state index in [-0.39, 0.29) is 0 Å². The van der Waals surface area contributed by atoms with Crippen LogP contribution in [-0.2, 0) is 0 Å². The lowest BCUT2D eigenvalue weighted by Gasteiger charge is -2.13. The van der Waals surface area contributed by atoms with Crippen LogP contribution in [0.3, 0.4) is 0 Å². The summed E-state index contributed by atoms with van der Waals surface area (Å²) in [4.78, 5) is 2.60. The zero-order valence-electron chi connectivity index (χ0n) is 8.80. The summed E-state index contributed by atoms with van der Waals surface area (Å²) in [5.74, 6) is 0. The Hall–Kier alpha value is -0.300. The summed E-state index contributed by atoms with van der Waals surface area (Å²) < 4.78 is 0. The molecule has 0 amide bonds. The summed E-state index contributed by atoms with van der Waals surface area (Å²) in [5, 5.41) is 0. The molecule has 0 N–H and O–H groups in total. The van der Waals surface area contributed by atoms with E-state index in [9.17, 15) is 0 Å². The van der Waals surface area contributed by atoms with E-state index in [0.29, 0.717) is 0 Å². The van der Waals surface area contributed by atoms with Gasteiger partial charge in [0, 0.05) is 0 Å². The Morgan fingerprint density at radius 1 is 1.00 bits per heavy atom. The predicted molar refractivity (Wildman–Crippen MR) is 59.0 cm³/mol. The second kappa shape index (κ2) is 7.14. The lowest BCUT2D eigenvalue weighted by atomic mass is 10.1. The first-order chi connectivity index (χ1) is 6.43. The van der Waals surface area contributed by atoms with E-state index in [0.717, 1.165) is 0 Å². The van der Waals surface area contributed by atoms with Crippen LogP contribution >= 0.6 is 0 Å². The van der Waals surface area contributed by atoms with Crippen LogP contribution in [0.15, 0.2) is 12.7 Å². The number of nitrogens with zero attached hydrogens (tertiary/aromatic N) is 1. The Kier molecular flexibility index (Phi) is 5.92. The molecule has 0 unspecified atom stereocenters. The fourth-order valence-corrected chi connectivity index (χ4v) is 1.98. The Balaban J connectivity index is 1.80. The molecule has 1 fully saturated rings. The van der Waals surface area contributed by atoms with Crippen LogP contribution in [0.4, 0.5) is 0 Å². The quantitative estimate of drug-likeness (QED) is 0.430. The number of unbranched alkanes of at least 4 members (excludes halogenated alkanes) is 4. The van der Waals surface area contributed by atoms with E-state index >= 15 is 0 Å². The van der Waals surface area contributed by atoms with Crippen LogP contribution < -0.4 is 0 Å². The van der Waals surface area contributed by atoms with Gasteiger partial charge in [0.2, 0.25) is 0 Å². The van der Waals surface area contributed by atoms with Gasteiger partial charge < -0.3 is 4.90 Å². The molecule has 0 aromatic heterocycles. The Morgan fingerprint density at radius 2 is 1.69 bits per heavy atom. The van der Waals surface area contributed by atoms with E-state index in [2.05, 4.69) is 11.5 Å². The zero-order valence-corrected chi connectivity index (χ0v) is 8.80. The largest absolute Gasteiger partial charge is 0.303 e. The van der Waals surface area contributed by atoms with Gasteiger partial charge in [-0.3, -0.25) is 0 Å². The fourth-order valence-electron chi connectivity index (χ4n) is 1.98. The summed E-state index contributed by atoms with van der Waals surface area (Å²) in [6.45, 7) is 7.78. The van der Waals surface area contributed by atoms with Gasteiger partial charge >= 0.3 is 0 Å². The van der Waals surface area contributed by atoms with Gasteiger partial charge in [-0.05, 0) is 51.7 Å². The molecule has 0 spiro atoms. The molecule has 0 aromatic rings. The molecule has 1 aliphatic heterocycles. The minimum absolute atomic E-state index is 1.20. The van der Waals surface area contributed by atoms with Gasteiger partial charge in [-0.1, -0.05) is 18.9 Å². The lowest BCUT2D eigenvalue weighted by molar-refractivity contribution is 0.328. The van der Waals surface area contributed by atoms with E-state index in [1.165, 1.54) is 64.6 Å². The molecule has 0 aromatic carbocycles. The van der Waals surface area contributed by atoms with Crippen LogP contribution in [-0.4, -0.2) is 24.5 Å². The van der Waals surface area contributed by atoms with Gasteiger partial charge in [0.25, 0.3) is 0 Å². The second-order valence-corrected chi connectivity index (χ2v) is 4.04. The molecule has 0 saturated carbocycles. The van der Waals surface area contributed by atoms with Crippen LogP contribution in [0.1, 0.15) is 44.9 Å². The van der Waals surface area contributed by atoms with Crippen molar-refractivity contribution >= 4 is 0 Å². The molecule has 0 bridgehead atoms. The van der Waals surface area contributed by atoms with Crippen molar-refractivity contribution in [2.75, 3.05) is 19.6 Å². The van der Waals surface area contributed by atoms with Crippen molar-refractivity contribution in [2.45, 2.75) is 44.9 Å². The third-order valence-corrected chi connectivity index (χ3v) is 2.83. The molecule has 76 valence electrons. The highest BCUT2D eigenvalue weighted by molar-refractivity contribution is 4.67. The maximum absolute atomic E-state index is 3.73. The molecule has 1 nitrogen and oxygen atoms in total. The van der Waals surface area contributed by atoms with Crippen molar-refractivity contribution in [1.82, 2.24) is 4.90 Å². The maximum atomic E-state index is 3.73. The minimum Gasteiger partial charge on any atom is -0.303 e. The van der Waals surface area contributed by atoms with Crippen molar-refractivity contribution in [1.29, 1.82) is 0 Å². The Morgan fingerprint density at radius 3 is 2.38 bits per heavy atom. The number of likely N-dealkylation sites (tertiary alicyclic amines) is 1. The second-order valence-electron chi connectivity index (χ2n) is 4.04. The molecule has 1 saturated heterocycles. The Labute approximate surface area is 82.8 Å². The van der Waals surface area contributed by atoms with E-state index in [1.54, 1.807) is 0 Å². The van der Waals surface area contributed by atoms with Gasteiger partial charge in [-0.25, -0.2) is 0 Å². The highest BCUT2D eigenvalue weighted by Gasteiger charge is 2.09. The van der Waals surface area contributed by atoms with Crippen molar-refractivity contribution in [3.8, 4) is 0 Å². The average Bonchev–Trinajstić information content (AvgIpc) is 2.63. The average molecular weight is 181 g/mol. The fraction of sp³-hybridized carbons (Fsp3) is 0.833. The van der Waals surface area contributed by atoms with Crippen molar-refractivity contribution < 1.29 is 0 Å². The van der Waals surface area contributed by atoms with Gasteiger partial charge in [-0.2, -0.15) is 0 Å². The monoisotopic (exact) mass is 181 g/mol. The standard InChI is InChI=1S/C12H23N/c1-2-3-4-5-6-7-10-13-11-8-9-12-13/h2H,1,3-12H2. The minimum atomic E-state index is 1.20. The molecule has 1 heterocycles. The number of allylic oxidation sites excluding steroid dienone is 1. The zero-order chi connectivity index (χ0) is 9.36. The van der Waals surface area contributed by atoms with Gasteiger partial charge in [-0.15, -0.1) is 6.58 Å².